The van der Waals surface area contributed by atoms with Crippen LogP contribution in [0.2, 0.25) is 0 Å². The van der Waals surface area contributed by atoms with Crippen molar-refractivity contribution in [2.24, 2.45) is 0 Å². The van der Waals surface area contributed by atoms with Crippen LogP contribution in [-0.2, 0) is 11.3 Å². The van der Waals surface area contributed by atoms with E-state index in [0.29, 0.717) is 12.6 Å². The Morgan fingerprint density at radius 3 is 2.71 bits per heavy atom. The average Bonchev–Trinajstić information content (AvgIpc) is 2.36. The minimum absolute atomic E-state index is 0.358. The molecule has 0 bridgehead atoms. The van der Waals surface area contributed by atoms with Crippen LogP contribution in [0.3, 0.4) is 0 Å². The van der Waals surface area contributed by atoms with Gasteiger partial charge in [-0.3, -0.25) is 4.90 Å². The van der Waals surface area contributed by atoms with E-state index in [-0.39, 0.29) is 0 Å². The smallest absolute Gasteiger partial charge is 0.0995 e. The molecule has 1 aromatic rings. The van der Waals surface area contributed by atoms with Crippen molar-refractivity contribution in [3.63, 3.8) is 0 Å². The predicted octanol–water partition coefficient (Wildman–Crippen LogP) is 2.42. The first kappa shape index (κ1) is 13.7. The standard InChI is InChI=1S/C14H20N2O/c1-4-16(12(2)11-17-3)10-14-8-6-5-7-13(14)9-15/h5-8,12H,4,10-11H2,1-3H3/t12-/m0/s1. The third kappa shape index (κ3) is 3.85. The number of likely N-dealkylation sites (N-methyl/N-ethyl adjacent to an activating group) is 1. The van der Waals surface area contributed by atoms with Crippen molar-refractivity contribution < 1.29 is 4.74 Å². The number of benzene rings is 1. The first-order chi connectivity index (χ1) is 8.22. The van der Waals surface area contributed by atoms with Gasteiger partial charge in [-0.1, -0.05) is 25.1 Å². The molecule has 0 saturated heterocycles. The molecular formula is C14H20N2O. The second-order valence-electron chi connectivity index (χ2n) is 4.14. The van der Waals surface area contributed by atoms with Gasteiger partial charge in [-0.25, -0.2) is 0 Å². The van der Waals surface area contributed by atoms with Crippen molar-refractivity contribution >= 4 is 0 Å². The third-order valence-corrected chi connectivity index (χ3v) is 2.95. The van der Waals surface area contributed by atoms with Crippen molar-refractivity contribution in [2.75, 3.05) is 20.3 Å². The van der Waals surface area contributed by atoms with Crippen molar-refractivity contribution in [1.82, 2.24) is 4.90 Å². The van der Waals surface area contributed by atoms with Gasteiger partial charge in [-0.05, 0) is 25.1 Å². The number of ether oxygens (including phenoxy) is 1. The molecule has 1 aromatic carbocycles. The fourth-order valence-electron chi connectivity index (χ4n) is 1.91. The summed E-state index contributed by atoms with van der Waals surface area (Å²) in [5.41, 5.74) is 1.84. The van der Waals surface area contributed by atoms with Crippen molar-refractivity contribution in [2.45, 2.75) is 26.4 Å². The summed E-state index contributed by atoms with van der Waals surface area (Å²) in [4.78, 5) is 2.31. The molecular weight excluding hydrogens is 212 g/mol. The lowest BCUT2D eigenvalue weighted by Crippen LogP contribution is -2.35. The summed E-state index contributed by atoms with van der Waals surface area (Å²) >= 11 is 0. The van der Waals surface area contributed by atoms with Crippen LogP contribution in [0.4, 0.5) is 0 Å². The van der Waals surface area contributed by atoms with Crippen LogP contribution in [0, 0.1) is 11.3 Å². The monoisotopic (exact) mass is 232 g/mol. The summed E-state index contributed by atoms with van der Waals surface area (Å²) in [5, 5.41) is 9.05. The highest BCUT2D eigenvalue weighted by molar-refractivity contribution is 5.37. The molecule has 0 aromatic heterocycles. The fraction of sp³-hybridized carbons (Fsp3) is 0.500. The van der Waals surface area contributed by atoms with E-state index in [2.05, 4.69) is 24.8 Å². The highest BCUT2D eigenvalue weighted by Gasteiger charge is 2.13. The van der Waals surface area contributed by atoms with E-state index in [1.165, 1.54) is 0 Å². The van der Waals surface area contributed by atoms with Gasteiger partial charge in [0.2, 0.25) is 0 Å². The lowest BCUT2D eigenvalue weighted by molar-refractivity contribution is 0.0981. The van der Waals surface area contributed by atoms with Crippen LogP contribution in [-0.4, -0.2) is 31.2 Å². The molecule has 0 aliphatic rings. The Balaban J connectivity index is 2.77. The van der Waals surface area contributed by atoms with Crippen LogP contribution >= 0.6 is 0 Å². The zero-order valence-corrected chi connectivity index (χ0v) is 10.8. The molecule has 0 radical (unpaired) electrons. The van der Waals surface area contributed by atoms with Gasteiger partial charge < -0.3 is 4.74 Å². The van der Waals surface area contributed by atoms with E-state index in [0.717, 1.165) is 24.2 Å². The molecule has 92 valence electrons. The van der Waals surface area contributed by atoms with E-state index in [1.54, 1.807) is 7.11 Å². The maximum absolute atomic E-state index is 9.05. The molecule has 0 saturated carbocycles. The zero-order chi connectivity index (χ0) is 12.7. The second-order valence-corrected chi connectivity index (χ2v) is 4.14. The average molecular weight is 232 g/mol. The normalized spacial score (nSPS) is 12.4. The number of hydrogen-bond donors (Lipinski definition) is 0. The van der Waals surface area contributed by atoms with Gasteiger partial charge in [-0.2, -0.15) is 5.26 Å². The molecule has 0 unspecified atom stereocenters. The number of nitrogens with zero attached hydrogens (tertiary/aromatic N) is 2. The quantitative estimate of drug-likeness (QED) is 0.755. The Labute approximate surface area is 104 Å². The van der Waals surface area contributed by atoms with Crippen LogP contribution in [0.25, 0.3) is 0 Å². The third-order valence-electron chi connectivity index (χ3n) is 2.95. The molecule has 0 N–H and O–H groups in total. The summed E-state index contributed by atoms with van der Waals surface area (Å²) in [6.45, 7) is 6.72. The minimum atomic E-state index is 0.358. The van der Waals surface area contributed by atoms with Crippen molar-refractivity contribution in [3.8, 4) is 6.07 Å². The summed E-state index contributed by atoms with van der Waals surface area (Å²) in [6.07, 6.45) is 0. The first-order valence-electron chi connectivity index (χ1n) is 5.93. The Kier molecular flexibility index (Phi) is 5.68. The molecule has 0 spiro atoms. The fourth-order valence-corrected chi connectivity index (χ4v) is 1.91. The largest absolute Gasteiger partial charge is 0.383 e. The topological polar surface area (TPSA) is 36.3 Å². The molecule has 1 atom stereocenters. The molecule has 0 amide bonds. The second kappa shape index (κ2) is 7.05. The van der Waals surface area contributed by atoms with Crippen LogP contribution in [0.15, 0.2) is 24.3 Å². The summed E-state index contributed by atoms with van der Waals surface area (Å²) in [5.74, 6) is 0. The van der Waals surface area contributed by atoms with E-state index < -0.39 is 0 Å². The summed E-state index contributed by atoms with van der Waals surface area (Å²) in [6, 6.07) is 10.4. The van der Waals surface area contributed by atoms with Gasteiger partial charge in [0, 0.05) is 19.7 Å². The maximum Gasteiger partial charge on any atom is 0.0995 e. The molecule has 0 aliphatic heterocycles. The summed E-state index contributed by atoms with van der Waals surface area (Å²) < 4.78 is 5.17. The lowest BCUT2D eigenvalue weighted by Gasteiger charge is -2.27. The van der Waals surface area contributed by atoms with Gasteiger partial charge in [0.15, 0.2) is 0 Å². The van der Waals surface area contributed by atoms with E-state index in [1.807, 2.05) is 24.3 Å². The van der Waals surface area contributed by atoms with Gasteiger partial charge in [-0.15, -0.1) is 0 Å². The van der Waals surface area contributed by atoms with Crippen LogP contribution in [0.1, 0.15) is 25.0 Å². The number of rotatable bonds is 6. The van der Waals surface area contributed by atoms with Crippen molar-refractivity contribution in [1.29, 1.82) is 5.26 Å². The first-order valence-corrected chi connectivity index (χ1v) is 5.93. The van der Waals surface area contributed by atoms with Gasteiger partial charge >= 0.3 is 0 Å². The molecule has 3 heteroatoms. The number of nitriles is 1. The Morgan fingerprint density at radius 2 is 2.12 bits per heavy atom. The maximum atomic E-state index is 9.05. The van der Waals surface area contributed by atoms with Gasteiger partial charge in [0.05, 0.1) is 18.2 Å². The van der Waals surface area contributed by atoms with Gasteiger partial charge in [0.25, 0.3) is 0 Å². The summed E-state index contributed by atoms with van der Waals surface area (Å²) in [7, 11) is 1.72. The van der Waals surface area contributed by atoms with Crippen LogP contribution in [0.5, 0.6) is 0 Å². The number of methoxy groups -OCH3 is 1. The Morgan fingerprint density at radius 1 is 1.41 bits per heavy atom. The zero-order valence-electron chi connectivity index (χ0n) is 10.8. The molecule has 3 nitrogen and oxygen atoms in total. The van der Waals surface area contributed by atoms with Crippen LogP contribution < -0.4 is 0 Å². The molecule has 0 aliphatic carbocycles. The highest BCUT2D eigenvalue weighted by Crippen LogP contribution is 2.12. The van der Waals surface area contributed by atoms with E-state index >= 15 is 0 Å². The molecule has 1 rings (SSSR count). The Hall–Kier alpha value is -1.37. The Bertz CT molecular complexity index is 384. The highest BCUT2D eigenvalue weighted by atomic mass is 16.5. The van der Waals surface area contributed by atoms with Gasteiger partial charge in [0.1, 0.15) is 0 Å². The molecule has 17 heavy (non-hydrogen) atoms. The van der Waals surface area contributed by atoms with Crippen molar-refractivity contribution in [3.05, 3.63) is 35.4 Å². The number of hydrogen-bond acceptors (Lipinski definition) is 3. The lowest BCUT2D eigenvalue weighted by atomic mass is 10.1. The SMILES string of the molecule is CCN(Cc1ccccc1C#N)[C@@H](C)COC. The minimum Gasteiger partial charge on any atom is -0.383 e. The molecule has 0 heterocycles. The van der Waals surface area contributed by atoms with E-state index in [4.69, 9.17) is 10.00 Å². The van der Waals surface area contributed by atoms with E-state index in [9.17, 15) is 0 Å². The molecule has 0 fully saturated rings. The predicted molar refractivity (Wildman–Crippen MR) is 68.6 cm³/mol.